The molecule has 0 aliphatic heterocycles. The molecule has 0 bridgehead atoms. The minimum Gasteiger partial charge on any atom is -0.418 e. The lowest BCUT2D eigenvalue weighted by atomic mass is 10.1. The van der Waals surface area contributed by atoms with Crippen molar-refractivity contribution in [1.29, 1.82) is 0 Å². The van der Waals surface area contributed by atoms with E-state index in [1.807, 2.05) is 0 Å². The number of hydrogen-bond donors (Lipinski definition) is 1. The Morgan fingerprint density at radius 1 is 1.21 bits per heavy atom. The highest BCUT2D eigenvalue weighted by molar-refractivity contribution is 7.09. The first-order chi connectivity index (χ1) is 9.17. The van der Waals surface area contributed by atoms with Gasteiger partial charge in [-0.1, -0.05) is 32.2 Å². The molecule has 2 aromatic heterocycles. The van der Waals surface area contributed by atoms with E-state index in [-0.39, 0.29) is 6.04 Å². The average Bonchev–Trinajstić information content (AvgIpc) is 3.03. The van der Waals surface area contributed by atoms with E-state index in [0.717, 1.165) is 23.5 Å². The molecule has 0 aliphatic carbocycles. The molecule has 0 saturated heterocycles. The van der Waals surface area contributed by atoms with Crippen LogP contribution in [0, 0.1) is 0 Å². The Bertz CT molecular complexity index is 522. The molecule has 1 N–H and O–H groups in total. The van der Waals surface area contributed by atoms with Crippen LogP contribution in [0.25, 0.3) is 10.8 Å². The second-order valence-corrected chi connectivity index (χ2v) is 5.36. The van der Waals surface area contributed by atoms with E-state index < -0.39 is 0 Å². The molecule has 19 heavy (non-hydrogen) atoms. The first-order valence-electron chi connectivity index (χ1n) is 6.56. The van der Waals surface area contributed by atoms with E-state index in [9.17, 15) is 0 Å². The van der Waals surface area contributed by atoms with Gasteiger partial charge in [0, 0.05) is 0 Å². The Morgan fingerprint density at radius 2 is 2.00 bits per heavy atom. The Kier molecular flexibility index (Phi) is 4.60. The maximum atomic E-state index is 5.77. The third kappa shape index (κ3) is 2.98. The summed E-state index contributed by atoms with van der Waals surface area (Å²) in [5, 5.41) is 15.7. The highest BCUT2D eigenvalue weighted by Gasteiger charge is 2.21. The fourth-order valence-corrected chi connectivity index (χ4v) is 2.58. The van der Waals surface area contributed by atoms with Crippen LogP contribution in [0.15, 0.2) is 4.42 Å². The van der Waals surface area contributed by atoms with E-state index in [0.29, 0.717) is 17.7 Å². The number of hydrogen-bond acceptors (Lipinski definition) is 7. The third-order valence-corrected chi connectivity index (χ3v) is 3.58. The molecule has 0 saturated carbocycles. The van der Waals surface area contributed by atoms with Crippen molar-refractivity contribution in [2.24, 2.45) is 0 Å². The van der Waals surface area contributed by atoms with Crippen LogP contribution in [0.2, 0.25) is 0 Å². The highest BCUT2D eigenvalue weighted by atomic mass is 32.1. The molecule has 1 unspecified atom stereocenters. The fraction of sp³-hybridized carbons (Fsp3) is 0.667. The molecule has 2 rings (SSSR count). The molecular formula is C12H19N5OS. The summed E-state index contributed by atoms with van der Waals surface area (Å²) in [4.78, 5) is 0.875. The Hall–Kier alpha value is -1.34. The van der Waals surface area contributed by atoms with E-state index in [2.05, 4.69) is 52.8 Å². The van der Waals surface area contributed by atoms with Crippen LogP contribution in [0.5, 0.6) is 0 Å². The van der Waals surface area contributed by atoms with Crippen molar-refractivity contribution in [2.45, 2.75) is 46.1 Å². The number of aromatic nitrogens is 4. The van der Waals surface area contributed by atoms with Gasteiger partial charge in [0.25, 0.3) is 5.89 Å². The predicted molar refractivity (Wildman–Crippen MR) is 74.0 cm³/mol. The van der Waals surface area contributed by atoms with Crippen LogP contribution in [0.4, 0.5) is 0 Å². The Balaban J connectivity index is 2.27. The molecule has 104 valence electrons. The Labute approximate surface area is 116 Å². The van der Waals surface area contributed by atoms with E-state index in [1.165, 1.54) is 11.5 Å². The van der Waals surface area contributed by atoms with Crippen molar-refractivity contribution in [3.8, 4) is 10.8 Å². The first kappa shape index (κ1) is 14.1. The molecule has 7 heteroatoms. The highest BCUT2D eigenvalue weighted by Crippen LogP contribution is 2.30. The summed E-state index contributed by atoms with van der Waals surface area (Å²) in [5.74, 6) is 1.44. The number of nitrogens with one attached hydrogen (secondary N) is 1. The van der Waals surface area contributed by atoms with Gasteiger partial charge in [0.05, 0.1) is 11.7 Å². The normalized spacial score (nSPS) is 13.1. The van der Waals surface area contributed by atoms with Crippen molar-refractivity contribution in [3.05, 3.63) is 11.6 Å². The monoisotopic (exact) mass is 281 g/mol. The quantitative estimate of drug-likeness (QED) is 0.877. The molecule has 1 atom stereocenters. The largest absolute Gasteiger partial charge is 0.418 e. The van der Waals surface area contributed by atoms with Crippen molar-refractivity contribution in [2.75, 3.05) is 6.54 Å². The van der Waals surface area contributed by atoms with Crippen molar-refractivity contribution in [1.82, 2.24) is 25.1 Å². The summed E-state index contributed by atoms with van der Waals surface area (Å²) >= 11 is 1.30. The van der Waals surface area contributed by atoms with Gasteiger partial charge < -0.3 is 9.73 Å². The Morgan fingerprint density at radius 3 is 2.63 bits per heavy atom. The number of rotatable bonds is 6. The minimum absolute atomic E-state index is 0.106. The summed E-state index contributed by atoms with van der Waals surface area (Å²) in [6, 6.07) is 0.106. The van der Waals surface area contributed by atoms with Crippen LogP contribution in [-0.4, -0.2) is 26.3 Å². The lowest BCUT2D eigenvalue weighted by Gasteiger charge is -2.09. The van der Waals surface area contributed by atoms with Crippen molar-refractivity contribution < 1.29 is 4.42 Å². The minimum atomic E-state index is 0.106. The van der Waals surface area contributed by atoms with E-state index in [1.54, 1.807) is 0 Å². The second kappa shape index (κ2) is 6.21. The van der Waals surface area contributed by atoms with Crippen LogP contribution >= 0.6 is 11.5 Å². The molecule has 0 radical (unpaired) electrons. The fourth-order valence-electron chi connectivity index (χ4n) is 1.84. The number of nitrogens with zero attached hydrogens (tertiary/aromatic N) is 4. The molecule has 6 nitrogen and oxygen atoms in total. The summed E-state index contributed by atoms with van der Waals surface area (Å²) < 4.78 is 9.75. The molecular weight excluding hydrogens is 262 g/mol. The molecule has 0 aromatic carbocycles. The topological polar surface area (TPSA) is 76.7 Å². The van der Waals surface area contributed by atoms with E-state index in [4.69, 9.17) is 4.42 Å². The van der Waals surface area contributed by atoms with Gasteiger partial charge >= 0.3 is 0 Å². The predicted octanol–water partition coefficient (Wildman–Crippen LogP) is 2.77. The molecule has 0 fully saturated rings. The standard InChI is InChI=1S/C12H19N5OS/c1-5-8(13-6-2)11-15-16-12(18-11)10-9(7(3)4)14-17-19-10/h7-8,13H,5-6H2,1-4H3. The molecule has 0 spiro atoms. The van der Waals surface area contributed by atoms with Gasteiger partial charge in [-0.2, -0.15) is 0 Å². The average molecular weight is 281 g/mol. The van der Waals surface area contributed by atoms with Gasteiger partial charge in [-0.3, -0.25) is 0 Å². The molecule has 0 amide bonds. The van der Waals surface area contributed by atoms with Crippen LogP contribution in [0.1, 0.15) is 57.7 Å². The molecule has 2 heterocycles. The van der Waals surface area contributed by atoms with Gasteiger partial charge in [0.1, 0.15) is 4.88 Å². The van der Waals surface area contributed by atoms with Crippen LogP contribution in [0.3, 0.4) is 0 Å². The summed E-state index contributed by atoms with van der Waals surface area (Å²) in [5.41, 5.74) is 0.914. The van der Waals surface area contributed by atoms with Gasteiger partial charge in [-0.05, 0) is 30.4 Å². The van der Waals surface area contributed by atoms with Crippen molar-refractivity contribution >= 4 is 11.5 Å². The third-order valence-electron chi connectivity index (χ3n) is 2.85. The maximum absolute atomic E-state index is 5.77. The van der Waals surface area contributed by atoms with Gasteiger partial charge in [0.15, 0.2) is 0 Å². The van der Waals surface area contributed by atoms with Crippen molar-refractivity contribution in [3.63, 3.8) is 0 Å². The lowest BCUT2D eigenvalue weighted by molar-refractivity contribution is 0.402. The van der Waals surface area contributed by atoms with Crippen LogP contribution in [-0.2, 0) is 0 Å². The molecule has 2 aromatic rings. The second-order valence-electron chi connectivity index (χ2n) is 4.61. The lowest BCUT2D eigenvalue weighted by Crippen LogP contribution is -2.20. The van der Waals surface area contributed by atoms with Gasteiger partial charge in [-0.15, -0.1) is 15.3 Å². The SMILES string of the molecule is CCNC(CC)c1nnc(-c2snnc2C(C)C)o1. The van der Waals surface area contributed by atoms with E-state index >= 15 is 0 Å². The maximum Gasteiger partial charge on any atom is 0.261 e. The van der Waals surface area contributed by atoms with Crippen LogP contribution < -0.4 is 5.32 Å². The zero-order valence-corrected chi connectivity index (χ0v) is 12.5. The van der Waals surface area contributed by atoms with Gasteiger partial charge in [0.2, 0.25) is 5.89 Å². The summed E-state index contributed by atoms with van der Waals surface area (Å²) in [6.07, 6.45) is 0.910. The first-order valence-corrected chi connectivity index (χ1v) is 7.34. The summed E-state index contributed by atoms with van der Waals surface area (Å²) in [7, 11) is 0. The molecule has 0 aliphatic rings. The smallest absolute Gasteiger partial charge is 0.261 e. The van der Waals surface area contributed by atoms with Gasteiger partial charge in [-0.25, -0.2) is 0 Å². The zero-order chi connectivity index (χ0) is 13.8. The zero-order valence-electron chi connectivity index (χ0n) is 11.7. The summed E-state index contributed by atoms with van der Waals surface area (Å²) in [6.45, 7) is 9.17.